The number of hydrogen-bond donors (Lipinski definition) is 3. The number of urea groups is 2. The van der Waals surface area contributed by atoms with Crippen molar-refractivity contribution in [2.75, 3.05) is 0 Å². The summed E-state index contributed by atoms with van der Waals surface area (Å²) in [7, 11) is 0. The molecule has 0 aromatic heterocycles. The molecule has 1 heterocycles. The summed E-state index contributed by atoms with van der Waals surface area (Å²) in [4.78, 5) is 36.7. The molecule has 1 aliphatic heterocycles. The van der Waals surface area contributed by atoms with Gasteiger partial charge in [0.25, 0.3) is 5.91 Å². The summed E-state index contributed by atoms with van der Waals surface area (Å²) in [6, 6.07) is 6.40. The van der Waals surface area contributed by atoms with Crippen LogP contribution in [0.25, 0.3) is 5.57 Å². The van der Waals surface area contributed by atoms with Crippen LogP contribution < -0.4 is 16.1 Å². The number of carbonyl (C=O) groups excluding carboxylic acids is 3. The van der Waals surface area contributed by atoms with Crippen molar-refractivity contribution in [2.45, 2.75) is 52.1 Å². The highest BCUT2D eigenvalue weighted by atomic mass is 16.2. The Morgan fingerprint density at radius 2 is 2.00 bits per heavy atom. The van der Waals surface area contributed by atoms with Crippen LogP contribution >= 0.6 is 0 Å². The predicted octanol–water partition coefficient (Wildman–Crippen LogP) is 2.89. The zero-order valence-corrected chi connectivity index (χ0v) is 15.9. The fourth-order valence-corrected chi connectivity index (χ4v) is 2.68. The molecule has 5 amide bonds. The van der Waals surface area contributed by atoms with E-state index in [-0.39, 0.29) is 0 Å². The molecule has 1 fully saturated rings. The van der Waals surface area contributed by atoms with Crippen LogP contribution in [0.4, 0.5) is 9.59 Å². The number of allylic oxidation sites excluding steroid dienone is 1. The second kappa shape index (κ2) is 6.82. The molecule has 0 unspecified atom stereocenters. The molecule has 1 atom stereocenters. The Balaban J connectivity index is 2.12. The SMILES string of the molecule is C=C(C)c1cccc(C(C)(C)NC(=O)NN2C(=O)N[C@@](C)(CC)C2=O)c1. The number of amides is 5. The van der Waals surface area contributed by atoms with Crippen molar-refractivity contribution in [2.24, 2.45) is 0 Å². The van der Waals surface area contributed by atoms with Crippen LogP contribution in [0.2, 0.25) is 0 Å². The van der Waals surface area contributed by atoms with Gasteiger partial charge in [0.1, 0.15) is 5.54 Å². The average molecular weight is 358 g/mol. The minimum absolute atomic E-state index is 0.427. The van der Waals surface area contributed by atoms with Gasteiger partial charge in [0.2, 0.25) is 0 Å². The fraction of sp³-hybridized carbons (Fsp3) is 0.421. The van der Waals surface area contributed by atoms with Crippen LogP contribution in [0, 0.1) is 0 Å². The lowest BCUT2D eigenvalue weighted by atomic mass is 9.92. The number of nitrogens with one attached hydrogen (secondary N) is 3. The third-order valence-corrected chi connectivity index (χ3v) is 4.68. The molecule has 0 spiro atoms. The largest absolute Gasteiger partial charge is 0.344 e. The second-order valence-corrected chi connectivity index (χ2v) is 7.31. The first kappa shape index (κ1) is 19.5. The predicted molar refractivity (Wildman–Crippen MR) is 99.9 cm³/mol. The lowest BCUT2D eigenvalue weighted by Crippen LogP contribution is -2.55. The van der Waals surface area contributed by atoms with Gasteiger partial charge in [-0.3, -0.25) is 4.79 Å². The van der Waals surface area contributed by atoms with Crippen molar-refractivity contribution in [3.8, 4) is 0 Å². The van der Waals surface area contributed by atoms with Crippen molar-refractivity contribution in [1.29, 1.82) is 0 Å². The smallest absolute Gasteiger partial charge is 0.328 e. The highest BCUT2D eigenvalue weighted by Gasteiger charge is 2.47. The third-order valence-electron chi connectivity index (χ3n) is 4.68. The molecule has 1 aliphatic rings. The van der Waals surface area contributed by atoms with E-state index in [0.29, 0.717) is 6.42 Å². The first-order valence-corrected chi connectivity index (χ1v) is 8.52. The number of benzene rings is 1. The Hall–Kier alpha value is -2.83. The molecule has 2 rings (SSSR count). The summed E-state index contributed by atoms with van der Waals surface area (Å²) < 4.78 is 0. The van der Waals surface area contributed by atoms with Gasteiger partial charge in [0.15, 0.2) is 0 Å². The van der Waals surface area contributed by atoms with E-state index in [9.17, 15) is 14.4 Å². The van der Waals surface area contributed by atoms with Gasteiger partial charge in [-0.2, -0.15) is 5.01 Å². The molecule has 1 saturated heterocycles. The van der Waals surface area contributed by atoms with Gasteiger partial charge in [0.05, 0.1) is 5.54 Å². The summed E-state index contributed by atoms with van der Waals surface area (Å²) in [5, 5.41) is 6.10. The lowest BCUT2D eigenvalue weighted by Gasteiger charge is -2.28. The molecule has 7 heteroatoms. The third kappa shape index (κ3) is 3.71. The van der Waals surface area contributed by atoms with Gasteiger partial charge in [0, 0.05) is 0 Å². The van der Waals surface area contributed by atoms with Crippen molar-refractivity contribution in [3.05, 3.63) is 42.0 Å². The standard InChI is InChI=1S/C19H26N4O3/c1-7-19(6)15(24)23(17(26)21-19)22-16(25)20-18(4,5)14-10-8-9-13(11-14)12(2)3/h8-11H,2,7H2,1,3-6H3,(H,21,26)(H2,20,22,25)/t19-/m0/s1. The number of nitrogens with zero attached hydrogens (tertiary/aromatic N) is 1. The van der Waals surface area contributed by atoms with Crippen LogP contribution in [0.5, 0.6) is 0 Å². The highest BCUT2D eigenvalue weighted by molar-refractivity contribution is 6.07. The Kier molecular flexibility index (Phi) is 5.11. The normalized spacial score (nSPS) is 20.0. The molecule has 0 radical (unpaired) electrons. The van der Waals surface area contributed by atoms with Gasteiger partial charge in [-0.15, -0.1) is 0 Å². The van der Waals surface area contributed by atoms with Gasteiger partial charge < -0.3 is 10.6 Å². The molecule has 1 aromatic rings. The quantitative estimate of drug-likeness (QED) is 0.707. The van der Waals surface area contributed by atoms with Crippen molar-refractivity contribution in [1.82, 2.24) is 21.1 Å². The Morgan fingerprint density at radius 1 is 1.35 bits per heavy atom. The number of imide groups is 1. The molecule has 7 nitrogen and oxygen atoms in total. The van der Waals surface area contributed by atoms with Crippen LogP contribution in [-0.4, -0.2) is 28.5 Å². The van der Waals surface area contributed by atoms with E-state index in [1.807, 2.05) is 45.0 Å². The Labute approximate surface area is 153 Å². The first-order valence-electron chi connectivity index (χ1n) is 8.52. The molecule has 0 aliphatic carbocycles. The average Bonchev–Trinajstić information content (AvgIpc) is 2.78. The Morgan fingerprint density at radius 3 is 2.54 bits per heavy atom. The summed E-state index contributed by atoms with van der Waals surface area (Å²) >= 11 is 0. The van der Waals surface area contributed by atoms with Crippen LogP contribution in [0.3, 0.4) is 0 Å². The lowest BCUT2D eigenvalue weighted by molar-refractivity contribution is -0.132. The van der Waals surface area contributed by atoms with Gasteiger partial charge >= 0.3 is 12.1 Å². The second-order valence-electron chi connectivity index (χ2n) is 7.31. The van der Waals surface area contributed by atoms with Gasteiger partial charge in [-0.05, 0) is 51.3 Å². The van der Waals surface area contributed by atoms with Crippen LogP contribution in [0.1, 0.15) is 52.2 Å². The summed E-state index contributed by atoms with van der Waals surface area (Å²) in [5.74, 6) is -0.484. The molecule has 0 saturated carbocycles. The van der Waals surface area contributed by atoms with E-state index in [1.165, 1.54) is 0 Å². The van der Waals surface area contributed by atoms with E-state index < -0.39 is 29.0 Å². The number of carbonyl (C=O) groups is 3. The molecule has 140 valence electrons. The molecule has 0 bridgehead atoms. The maximum absolute atomic E-state index is 12.4. The molecule has 3 N–H and O–H groups in total. The van der Waals surface area contributed by atoms with Gasteiger partial charge in [-0.1, -0.05) is 37.3 Å². The van der Waals surface area contributed by atoms with E-state index in [0.717, 1.165) is 21.7 Å². The van der Waals surface area contributed by atoms with Crippen molar-refractivity contribution < 1.29 is 14.4 Å². The molecule has 26 heavy (non-hydrogen) atoms. The highest BCUT2D eigenvalue weighted by Crippen LogP contribution is 2.24. The summed E-state index contributed by atoms with van der Waals surface area (Å²) in [5.41, 5.74) is 3.39. The van der Waals surface area contributed by atoms with E-state index >= 15 is 0 Å². The monoisotopic (exact) mass is 358 g/mol. The zero-order chi connectivity index (χ0) is 19.7. The summed E-state index contributed by atoms with van der Waals surface area (Å²) in [6.07, 6.45) is 0.427. The zero-order valence-electron chi connectivity index (χ0n) is 15.9. The molecule has 1 aromatic carbocycles. The van der Waals surface area contributed by atoms with Gasteiger partial charge in [-0.25, -0.2) is 15.0 Å². The summed E-state index contributed by atoms with van der Waals surface area (Å²) in [6.45, 7) is 12.9. The topological polar surface area (TPSA) is 90.5 Å². The van der Waals surface area contributed by atoms with E-state index in [1.54, 1.807) is 13.8 Å². The minimum atomic E-state index is -1.00. The Bertz CT molecular complexity index is 772. The maximum atomic E-state index is 12.4. The van der Waals surface area contributed by atoms with Crippen molar-refractivity contribution >= 4 is 23.5 Å². The molecular formula is C19H26N4O3. The minimum Gasteiger partial charge on any atom is -0.328 e. The number of hydrogen-bond acceptors (Lipinski definition) is 3. The van der Waals surface area contributed by atoms with Crippen LogP contribution in [-0.2, 0) is 10.3 Å². The van der Waals surface area contributed by atoms with Crippen LogP contribution in [0.15, 0.2) is 30.8 Å². The first-order chi connectivity index (χ1) is 12.0. The number of hydrazine groups is 1. The van der Waals surface area contributed by atoms with E-state index in [2.05, 4.69) is 22.6 Å². The maximum Gasteiger partial charge on any atom is 0.344 e. The fourth-order valence-electron chi connectivity index (χ4n) is 2.68. The van der Waals surface area contributed by atoms with E-state index in [4.69, 9.17) is 0 Å². The van der Waals surface area contributed by atoms with Crippen molar-refractivity contribution in [3.63, 3.8) is 0 Å². The molecular weight excluding hydrogens is 332 g/mol. The number of rotatable bonds is 5.